The van der Waals surface area contributed by atoms with Gasteiger partial charge in [0.1, 0.15) is 10.9 Å². The van der Waals surface area contributed by atoms with Gasteiger partial charge in [0, 0.05) is 31.9 Å². The van der Waals surface area contributed by atoms with E-state index in [2.05, 4.69) is 23.0 Å². The van der Waals surface area contributed by atoms with E-state index in [1.54, 1.807) is 4.90 Å². The summed E-state index contributed by atoms with van der Waals surface area (Å²) in [5.74, 6) is -0.0295. The van der Waals surface area contributed by atoms with Crippen LogP contribution in [0.15, 0.2) is 24.3 Å². The largest absolute Gasteiger partial charge is 0.338 e. The Bertz CT molecular complexity index is 917. The number of aromatic nitrogens is 1. The van der Waals surface area contributed by atoms with Crippen LogP contribution in [0.1, 0.15) is 39.3 Å². The van der Waals surface area contributed by atoms with Crippen molar-refractivity contribution in [1.29, 1.82) is 0 Å². The van der Waals surface area contributed by atoms with Crippen molar-refractivity contribution < 1.29 is 9.59 Å². The Balaban J connectivity index is 1.70. The van der Waals surface area contributed by atoms with Gasteiger partial charge in [-0.25, -0.2) is 4.98 Å². The van der Waals surface area contributed by atoms with Gasteiger partial charge in [-0.2, -0.15) is 0 Å². The first kappa shape index (κ1) is 20.0. The molecule has 1 unspecified atom stereocenters. The molecule has 1 saturated heterocycles. The Hall–Kier alpha value is -2.25. The Morgan fingerprint density at radius 2 is 1.90 bits per heavy atom. The summed E-state index contributed by atoms with van der Waals surface area (Å²) in [7, 11) is 2.08. The highest BCUT2D eigenvalue weighted by Crippen LogP contribution is 2.34. The summed E-state index contributed by atoms with van der Waals surface area (Å²) in [5.41, 5.74) is 2.74. The average Bonchev–Trinajstić information content (AvgIpc) is 3.13. The van der Waals surface area contributed by atoms with E-state index >= 15 is 0 Å². The van der Waals surface area contributed by atoms with Gasteiger partial charge >= 0.3 is 0 Å². The third-order valence-electron chi connectivity index (χ3n) is 5.91. The van der Waals surface area contributed by atoms with E-state index in [-0.39, 0.29) is 11.8 Å². The van der Waals surface area contributed by atoms with Crippen LogP contribution in [-0.4, -0.2) is 65.9 Å². The van der Waals surface area contributed by atoms with Gasteiger partial charge in [-0.05, 0) is 44.9 Å². The van der Waals surface area contributed by atoms with E-state index in [9.17, 15) is 9.59 Å². The van der Waals surface area contributed by atoms with Crippen molar-refractivity contribution in [3.8, 4) is 0 Å². The number of fused-ring (bicyclic) bond motifs is 1. The zero-order valence-corrected chi connectivity index (χ0v) is 18.2. The molecule has 2 aliphatic heterocycles. The lowest BCUT2D eigenvalue weighted by Gasteiger charge is -2.40. The second-order valence-electron chi connectivity index (χ2n) is 7.86. The standard InChI is InChI=1S/C22H28N4O2S/c1-4-19-23-15(2)20(29-19)22(28)26-17-8-6-5-7-16(17)9-10-18(26)21(27)25-13-11-24(3)12-14-25/h5-8,18H,4,9-14H2,1-3H3. The molecule has 2 amide bonds. The van der Waals surface area contributed by atoms with Crippen molar-refractivity contribution in [3.63, 3.8) is 0 Å². The van der Waals surface area contributed by atoms with Gasteiger partial charge in [0.15, 0.2) is 0 Å². The number of carbonyl (C=O) groups is 2. The molecule has 0 N–H and O–H groups in total. The predicted molar refractivity (Wildman–Crippen MR) is 116 cm³/mol. The molecule has 7 heteroatoms. The first-order chi connectivity index (χ1) is 14.0. The van der Waals surface area contributed by atoms with Gasteiger partial charge in [0.2, 0.25) is 5.91 Å². The molecule has 4 rings (SSSR count). The summed E-state index contributed by atoms with van der Waals surface area (Å²) in [5, 5.41) is 0.957. The molecule has 0 bridgehead atoms. The molecular weight excluding hydrogens is 384 g/mol. The maximum absolute atomic E-state index is 13.7. The molecule has 1 aromatic heterocycles. The van der Waals surface area contributed by atoms with E-state index in [1.807, 2.05) is 36.9 Å². The number of para-hydroxylation sites is 1. The van der Waals surface area contributed by atoms with Gasteiger partial charge in [-0.15, -0.1) is 11.3 Å². The van der Waals surface area contributed by atoms with Crippen molar-refractivity contribution >= 4 is 28.8 Å². The third kappa shape index (κ3) is 3.81. The van der Waals surface area contributed by atoms with Crippen LogP contribution in [0.5, 0.6) is 0 Å². The van der Waals surface area contributed by atoms with E-state index < -0.39 is 6.04 Å². The first-order valence-corrected chi connectivity index (χ1v) is 11.2. The highest BCUT2D eigenvalue weighted by Gasteiger charge is 2.39. The minimum atomic E-state index is -0.451. The Kier molecular flexibility index (Phi) is 5.69. The number of thiazole rings is 1. The SMILES string of the molecule is CCc1nc(C)c(C(=O)N2c3ccccc3CCC2C(=O)N2CCN(C)CC2)s1. The van der Waals surface area contributed by atoms with Gasteiger partial charge in [-0.3, -0.25) is 14.5 Å². The number of anilines is 1. The molecule has 0 spiro atoms. The van der Waals surface area contributed by atoms with Crippen molar-refractivity contribution in [3.05, 3.63) is 45.4 Å². The number of aryl methyl sites for hydroxylation is 3. The number of piperazine rings is 1. The fourth-order valence-corrected chi connectivity index (χ4v) is 5.12. The average molecular weight is 413 g/mol. The summed E-state index contributed by atoms with van der Waals surface area (Å²) in [6, 6.07) is 7.51. The van der Waals surface area contributed by atoms with Gasteiger partial charge in [0.05, 0.1) is 10.7 Å². The summed E-state index contributed by atoms with van der Waals surface area (Å²) in [4.78, 5) is 38.2. The van der Waals surface area contributed by atoms with Crippen LogP contribution in [0.4, 0.5) is 5.69 Å². The van der Waals surface area contributed by atoms with Gasteiger partial charge in [-0.1, -0.05) is 25.1 Å². The van der Waals surface area contributed by atoms with Gasteiger partial charge < -0.3 is 9.80 Å². The molecular formula is C22H28N4O2S. The molecule has 0 saturated carbocycles. The maximum atomic E-state index is 13.7. The molecule has 154 valence electrons. The predicted octanol–water partition coefficient (Wildman–Crippen LogP) is 2.75. The number of benzene rings is 1. The Labute approximate surface area is 176 Å². The monoisotopic (exact) mass is 412 g/mol. The number of nitrogens with zero attached hydrogens (tertiary/aromatic N) is 4. The van der Waals surface area contributed by atoms with E-state index in [1.165, 1.54) is 11.3 Å². The van der Waals surface area contributed by atoms with E-state index in [4.69, 9.17) is 0 Å². The van der Waals surface area contributed by atoms with E-state index in [0.29, 0.717) is 11.3 Å². The second-order valence-corrected chi connectivity index (χ2v) is 8.95. The number of hydrogen-bond donors (Lipinski definition) is 0. The normalized spacial score (nSPS) is 19.9. The lowest BCUT2D eigenvalue weighted by Crippen LogP contribution is -2.57. The van der Waals surface area contributed by atoms with E-state index in [0.717, 1.165) is 61.0 Å². The fraction of sp³-hybridized carbons (Fsp3) is 0.500. The number of carbonyl (C=O) groups excluding carboxylic acids is 2. The van der Waals surface area contributed by atoms with Crippen LogP contribution in [0.3, 0.4) is 0 Å². The van der Waals surface area contributed by atoms with Crippen molar-refractivity contribution in [2.24, 2.45) is 0 Å². The number of hydrogen-bond acceptors (Lipinski definition) is 5. The lowest BCUT2D eigenvalue weighted by molar-refractivity contribution is -0.134. The molecule has 0 radical (unpaired) electrons. The van der Waals surface area contributed by atoms with Gasteiger partial charge in [0.25, 0.3) is 5.91 Å². The Morgan fingerprint density at radius 3 is 2.59 bits per heavy atom. The minimum Gasteiger partial charge on any atom is -0.338 e. The molecule has 3 heterocycles. The summed E-state index contributed by atoms with van der Waals surface area (Å²) in [6.07, 6.45) is 2.28. The van der Waals surface area contributed by atoms with Crippen LogP contribution in [0.25, 0.3) is 0 Å². The van der Waals surface area contributed by atoms with Crippen LogP contribution < -0.4 is 4.90 Å². The molecule has 29 heavy (non-hydrogen) atoms. The smallest absolute Gasteiger partial charge is 0.271 e. The maximum Gasteiger partial charge on any atom is 0.271 e. The van der Waals surface area contributed by atoms with Crippen LogP contribution in [-0.2, 0) is 17.6 Å². The Morgan fingerprint density at radius 1 is 1.17 bits per heavy atom. The van der Waals surface area contributed by atoms with Crippen molar-refractivity contribution in [2.45, 2.75) is 39.2 Å². The van der Waals surface area contributed by atoms with Crippen molar-refractivity contribution in [1.82, 2.24) is 14.8 Å². The van der Waals surface area contributed by atoms with Crippen molar-refractivity contribution in [2.75, 3.05) is 38.1 Å². The molecule has 2 aliphatic rings. The summed E-state index contributed by atoms with van der Waals surface area (Å²) >= 11 is 1.45. The second kappa shape index (κ2) is 8.24. The minimum absolute atomic E-state index is 0.0684. The summed E-state index contributed by atoms with van der Waals surface area (Å²) in [6.45, 7) is 7.11. The number of rotatable bonds is 3. The fourth-order valence-electron chi connectivity index (χ4n) is 4.18. The number of likely N-dealkylation sites (N-methyl/N-ethyl adjacent to an activating group) is 1. The number of amides is 2. The molecule has 0 aliphatic carbocycles. The van der Waals surface area contributed by atoms with Crippen LogP contribution in [0.2, 0.25) is 0 Å². The molecule has 1 fully saturated rings. The topological polar surface area (TPSA) is 56.8 Å². The first-order valence-electron chi connectivity index (χ1n) is 10.3. The highest BCUT2D eigenvalue weighted by atomic mass is 32.1. The highest BCUT2D eigenvalue weighted by molar-refractivity contribution is 7.14. The zero-order valence-electron chi connectivity index (χ0n) is 17.4. The molecule has 6 nitrogen and oxygen atoms in total. The molecule has 1 aromatic carbocycles. The summed E-state index contributed by atoms with van der Waals surface area (Å²) < 4.78 is 0. The molecule has 1 atom stereocenters. The quantitative estimate of drug-likeness (QED) is 0.778. The van der Waals surface area contributed by atoms with Crippen LogP contribution >= 0.6 is 11.3 Å². The third-order valence-corrected chi connectivity index (χ3v) is 7.20. The lowest BCUT2D eigenvalue weighted by atomic mass is 9.94. The van der Waals surface area contributed by atoms with Crippen LogP contribution in [0, 0.1) is 6.92 Å². The zero-order chi connectivity index (χ0) is 20.5. The molecule has 2 aromatic rings.